The van der Waals surface area contributed by atoms with Crippen LogP contribution in [-0.2, 0) is 7.05 Å². The molecule has 3 heterocycles. The maximum atomic E-state index is 4.52. The molecule has 0 amide bonds. The average molecular weight is 272 g/mol. The number of hydrogen-bond donors (Lipinski definition) is 1. The monoisotopic (exact) mass is 272 g/mol. The molecule has 3 rings (SSSR count). The highest BCUT2D eigenvalue weighted by atomic mass is 32.1. The lowest BCUT2D eigenvalue weighted by atomic mass is 10.1. The number of rotatable bonds is 4. The molecule has 0 fully saturated rings. The van der Waals surface area contributed by atoms with Crippen LogP contribution in [0.25, 0.3) is 10.2 Å². The van der Waals surface area contributed by atoms with Crippen LogP contribution in [0.5, 0.6) is 0 Å². The van der Waals surface area contributed by atoms with Crippen molar-refractivity contribution in [3.05, 3.63) is 47.2 Å². The lowest BCUT2D eigenvalue weighted by Gasteiger charge is -2.18. The Kier molecular flexibility index (Phi) is 3.31. The van der Waals surface area contributed by atoms with Gasteiger partial charge in [-0.1, -0.05) is 6.92 Å². The Hall–Kier alpha value is -1.72. The van der Waals surface area contributed by atoms with E-state index in [1.807, 2.05) is 30.2 Å². The van der Waals surface area contributed by atoms with Gasteiger partial charge in [0.25, 0.3) is 0 Å². The summed E-state index contributed by atoms with van der Waals surface area (Å²) in [6, 6.07) is 6.45. The Morgan fingerprint density at radius 1 is 1.42 bits per heavy atom. The molecule has 0 bridgehead atoms. The van der Waals surface area contributed by atoms with E-state index in [1.54, 1.807) is 11.3 Å². The van der Waals surface area contributed by atoms with Gasteiger partial charge in [-0.15, -0.1) is 11.3 Å². The van der Waals surface area contributed by atoms with Crippen LogP contribution in [-0.4, -0.2) is 21.3 Å². The molecule has 3 aromatic heterocycles. The number of nitrogens with one attached hydrogen (secondary N) is 1. The van der Waals surface area contributed by atoms with Crippen LogP contribution in [0.3, 0.4) is 0 Å². The Bertz CT molecular complexity index is 685. The largest absolute Gasteiger partial charge is 0.305 e. The van der Waals surface area contributed by atoms with Gasteiger partial charge in [-0.2, -0.15) is 5.10 Å². The van der Waals surface area contributed by atoms with Gasteiger partial charge in [0.1, 0.15) is 0 Å². The quantitative estimate of drug-likeness (QED) is 0.794. The highest BCUT2D eigenvalue weighted by Gasteiger charge is 2.17. The van der Waals surface area contributed by atoms with Gasteiger partial charge in [-0.05, 0) is 35.7 Å². The van der Waals surface area contributed by atoms with Crippen molar-refractivity contribution in [3.8, 4) is 0 Å². The molecule has 0 spiro atoms. The molecule has 0 aliphatic carbocycles. The summed E-state index contributed by atoms with van der Waals surface area (Å²) in [4.78, 5) is 4.52. The van der Waals surface area contributed by atoms with Crippen molar-refractivity contribution in [1.82, 2.24) is 20.1 Å². The molecule has 19 heavy (non-hydrogen) atoms. The van der Waals surface area contributed by atoms with Crippen LogP contribution < -0.4 is 5.32 Å². The van der Waals surface area contributed by atoms with Crippen LogP contribution in [0.15, 0.2) is 36.0 Å². The van der Waals surface area contributed by atoms with E-state index >= 15 is 0 Å². The first-order valence-electron chi connectivity index (χ1n) is 6.34. The molecule has 98 valence electrons. The van der Waals surface area contributed by atoms with Crippen LogP contribution in [0, 0.1) is 0 Å². The topological polar surface area (TPSA) is 42.7 Å². The highest BCUT2D eigenvalue weighted by Crippen LogP contribution is 2.26. The lowest BCUT2D eigenvalue weighted by Crippen LogP contribution is -2.24. The molecule has 0 saturated carbocycles. The van der Waals surface area contributed by atoms with E-state index in [2.05, 4.69) is 39.8 Å². The summed E-state index contributed by atoms with van der Waals surface area (Å²) in [5.74, 6) is 0. The molecule has 1 unspecified atom stereocenters. The van der Waals surface area contributed by atoms with Gasteiger partial charge in [-0.3, -0.25) is 9.67 Å². The van der Waals surface area contributed by atoms with Crippen LogP contribution in [0.1, 0.15) is 24.2 Å². The minimum Gasteiger partial charge on any atom is -0.305 e. The van der Waals surface area contributed by atoms with Gasteiger partial charge < -0.3 is 5.32 Å². The third-order valence-corrected chi connectivity index (χ3v) is 4.07. The van der Waals surface area contributed by atoms with Crippen molar-refractivity contribution in [2.24, 2.45) is 7.05 Å². The molecule has 4 nitrogen and oxygen atoms in total. The molecule has 0 saturated heterocycles. The number of nitrogens with zero attached hydrogens (tertiary/aromatic N) is 3. The van der Waals surface area contributed by atoms with E-state index in [-0.39, 0.29) is 6.04 Å². The van der Waals surface area contributed by atoms with Crippen LogP contribution in [0.2, 0.25) is 0 Å². The second-order valence-corrected chi connectivity index (χ2v) is 5.39. The van der Waals surface area contributed by atoms with Gasteiger partial charge >= 0.3 is 0 Å². The summed E-state index contributed by atoms with van der Waals surface area (Å²) in [5, 5.41) is 9.84. The molecule has 0 aliphatic rings. The molecule has 0 radical (unpaired) electrons. The molecule has 0 aliphatic heterocycles. The molecule has 5 heteroatoms. The zero-order valence-corrected chi connectivity index (χ0v) is 11.8. The minimum atomic E-state index is 0.136. The molecule has 1 atom stereocenters. The fourth-order valence-electron chi connectivity index (χ4n) is 2.28. The number of aromatic nitrogens is 3. The maximum Gasteiger partial charge on any atom is 0.0809 e. The first-order chi connectivity index (χ1) is 9.29. The van der Waals surface area contributed by atoms with Crippen molar-refractivity contribution in [1.29, 1.82) is 0 Å². The minimum absolute atomic E-state index is 0.136. The maximum absolute atomic E-state index is 4.52. The number of thiophene rings is 1. The zero-order valence-electron chi connectivity index (χ0n) is 11.0. The van der Waals surface area contributed by atoms with Crippen molar-refractivity contribution in [3.63, 3.8) is 0 Å². The zero-order chi connectivity index (χ0) is 13.2. The first-order valence-corrected chi connectivity index (χ1v) is 7.22. The predicted octanol–water partition coefficient (Wildman–Crippen LogP) is 2.73. The Balaban J connectivity index is 2.06. The van der Waals surface area contributed by atoms with E-state index in [4.69, 9.17) is 0 Å². The van der Waals surface area contributed by atoms with Crippen molar-refractivity contribution >= 4 is 21.6 Å². The summed E-state index contributed by atoms with van der Waals surface area (Å²) < 4.78 is 3.13. The van der Waals surface area contributed by atoms with Gasteiger partial charge in [0, 0.05) is 19.4 Å². The van der Waals surface area contributed by atoms with Gasteiger partial charge in [-0.25, -0.2) is 0 Å². The second-order valence-electron chi connectivity index (χ2n) is 4.44. The van der Waals surface area contributed by atoms with E-state index in [1.165, 1.54) is 10.3 Å². The van der Waals surface area contributed by atoms with Crippen molar-refractivity contribution < 1.29 is 0 Å². The fraction of sp³-hybridized carbons (Fsp3) is 0.286. The Morgan fingerprint density at radius 3 is 3.05 bits per heavy atom. The van der Waals surface area contributed by atoms with E-state index < -0.39 is 0 Å². The molecule has 0 aromatic carbocycles. The lowest BCUT2D eigenvalue weighted by molar-refractivity contribution is 0.572. The first kappa shape index (κ1) is 12.3. The third kappa shape index (κ3) is 2.27. The Morgan fingerprint density at radius 2 is 2.32 bits per heavy atom. The molecular formula is C14H16N4S. The summed E-state index contributed by atoms with van der Waals surface area (Å²) in [6.07, 6.45) is 3.78. The third-order valence-electron chi connectivity index (χ3n) is 3.22. The van der Waals surface area contributed by atoms with Gasteiger partial charge in [0.05, 0.1) is 22.0 Å². The summed E-state index contributed by atoms with van der Waals surface area (Å²) >= 11 is 1.73. The van der Waals surface area contributed by atoms with E-state index in [0.29, 0.717) is 0 Å². The standard InChI is InChI=1S/C14H16N4S/c1-3-15-14(12-4-6-17-18(12)2)10-8-13-11(16-9-10)5-7-19-13/h4-9,14-15H,3H2,1-2H3. The molecule has 3 aromatic rings. The molecule has 1 N–H and O–H groups in total. The summed E-state index contributed by atoms with van der Waals surface area (Å²) in [6.45, 7) is 3.01. The number of aryl methyl sites for hydroxylation is 1. The van der Waals surface area contributed by atoms with Crippen molar-refractivity contribution in [2.45, 2.75) is 13.0 Å². The van der Waals surface area contributed by atoms with E-state index in [9.17, 15) is 0 Å². The van der Waals surface area contributed by atoms with E-state index in [0.717, 1.165) is 17.8 Å². The fourth-order valence-corrected chi connectivity index (χ4v) is 3.07. The average Bonchev–Trinajstić information content (AvgIpc) is 3.03. The Labute approximate surface area is 116 Å². The van der Waals surface area contributed by atoms with Crippen LogP contribution >= 0.6 is 11.3 Å². The van der Waals surface area contributed by atoms with Crippen molar-refractivity contribution in [2.75, 3.05) is 6.54 Å². The number of pyridine rings is 1. The van der Waals surface area contributed by atoms with Gasteiger partial charge in [0.15, 0.2) is 0 Å². The SMILES string of the molecule is CCNC(c1cnc2ccsc2c1)c1ccnn1C. The summed E-state index contributed by atoms with van der Waals surface area (Å²) in [7, 11) is 1.97. The highest BCUT2D eigenvalue weighted by molar-refractivity contribution is 7.17. The molecular weight excluding hydrogens is 256 g/mol. The van der Waals surface area contributed by atoms with Gasteiger partial charge in [0.2, 0.25) is 0 Å². The summed E-state index contributed by atoms with van der Waals surface area (Å²) in [5.41, 5.74) is 3.40. The normalized spacial score (nSPS) is 12.9. The number of hydrogen-bond acceptors (Lipinski definition) is 4. The number of fused-ring (bicyclic) bond motifs is 1. The smallest absolute Gasteiger partial charge is 0.0809 e. The van der Waals surface area contributed by atoms with Crippen LogP contribution in [0.4, 0.5) is 0 Å². The predicted molar refractivity (Wildman–Crippen MR) is 78.3 cm³/mol. The second kappa shape index (κ2) is 5.11.